The van der Waals surface area contributed by atoms with Crippen LogP contribution < -0.4 is 4.72 Å². The van der Waals surface area contributed by atoms with Gasteiger partial charge < -0.3 is 0 Å². The van der Waals surface area contributed by atoms with Crippen LogP contribution in [0.25, 0.3) is 11.1 Å². The number of halogens is 5. The molecule has 1 saturated heterocycles. The third-order valence-corrected chi connectivity index (χ3v) is 5.66. The van der Waals surface area contributed by atoms with Gasteiger partial charge in [0.1, 0.15) is 17.5 Å². The summed E-state index contributed by atoms with van der Waals surface area (Å²) in [4.78, 5) is 1.50. The largest absolute Gasteiger partial charge is 0.295 e. The van der Waals surface area contributed by atoms with E-state index < -0.39 is 42.0 Å². The molecule has 28 heavy (non-hydrogen) atoms. The molecule has 2 aromatic rings. The molecule has 1 heterocycles. The molecule has 3 rings (SSSR count). The average Bonchev–Trinajstić information content (AvgIpc) is 2.85. The van der Waals surface area contributed by atoms with E-state index in [4.69, 9.17) is 0 Å². The zero-order chi connectivity index (χ0) is 20.5. The quantitative estimate of drug-likeness (QED) is 0.533. The summed E-state index contributed by atoms with van der Waals surface area (Å²) in [5.41, 5.74) is -0.0981. The maximum Gasteiger partial charge on any atom is 0.277 e. The van der Waals surface area contributed by atoms with Gasteiger partial charge in [-0.15, -0.1) is 0 Å². The highest BCUT2D eigenvalue weighted by atomic mass is 32.2. The number of hydrogen-bond donors (Lipinski definition) is 1. The van der Waals surface area contributed by atoms with E-state index in [1.54, 1.807) is 7.05 Å². The van der Waals surface area contributed by atoms with Gasteiger partial charge >= 0.3 is 0 Å². The lowest BCUT2D eigenvalue weighted by molar-refractivity contribution is -0.00425. The Balaban J connectivity index is 1.93. The third kappa shape index (κ3) is 4.18. The van der Waals surface area contributed by atoms with Crippen molar-refractivity contribution in [3.05, 3.63) is 59.4 Å². The first kappa shape index (κ1) is 21.1. The molecule has 1 fully saturated rings. The SMILES string of the molecule is CCSNC1C(Cc2cccc(-c3cc(F)ccc3F)c2F)N(C)CC1(F)F. The van der Waals surface area contributed by atoms with Gasteiger partial charge in [-0.2, -0.15) is 0 Å². The van der Waals surface area contributed by atoms with Crippen molar-refractivity contribution in [3.63, 3.8) is 0 Å². The van der Waals surface area contributed by atoms with Gasteiger partial charge in [-0.1, -0.05) is 37.1 Å². The van der Waals surface area contributed by atoms with E-state index in [-0.39, 0.29) is 23.1 Å². The zero-order valence-corrected chi connectivity index (χ0v) is 16.3. The highest BCUT2D eigenvalue weighted by molar-refractivity contribution is 7.97. The number of benzene rings is 2. The third-order valence-electron chi connectivity index (χ3n) is 4.95. The lowest BCUT2D eigenvalue weighted by Crippen LogP contribution is -2.46. The van der Waals surface area contributed by atoms with Crippen LogP contribution in [0, 0.1) is 17.5 Å². The second-order valence-corrected chi connectivity index (χ2v) is 7.98. The molecule has 0 aromatic heterocycles. The summed E-state index contributed by atoms with van der Waals surface area (Å²) < 4.78 is 74.2. The first-order valence-corrected chi connectivity index (χ1v) is 9.91. The van der Waals surface area contributed by atoms with E-state index >= 15 is 4.39 Å². The molecule has 1 aliphatic heterocycles. The monoisotopic (exact) mass is 416 g/mol. The molecular weight excluding hydrogens is 395 g/mol. The predicted molar refractivity (Wildman–Crippen MR) is 102 cm³/mol. The Morgan fingerprint density at radius 3 is 2.61 bits per heavy atom. The van der Waals surface area contributed by atoms with Gasteiger partial charge in [0.2, 0.25) is 0 Å². The number of nitrogens with zero attached hydrogens (tertiary/aromatic N) is 1. The number of likely N-dealkylation sites (tertiary alicyclic amines) is 1. The molecule has 0 spiro atoms. The van der Waals surface area contributed by atoms with Gasteiger partial charge in [0.25, 0.3) is 5.92 Å². The Hall–Kier alpha value is -1.64. The standard InChI is InChI=1S/C20H21F5N2S/c1-3-28-26-19-17(27(2)11-20(19,24)25)9-12-5-4-6-14(18(12)23)15-10-13(21)7-8-16(15)22/h4-8,10,17,19,26H,3,9,11H2,1-2H3. The van der Waals surface area contributed by atoms with Crippen LogP contribution in [0.4, 0.5) is 22.0 Å². The van der Waals surface area contributed by atoms with Crippen LogP contribution in [-0.4, -0.2) is 42.3 Å². The van der Waals surface area contributed by atoms with Crippen molar-refractivity contribution in [3.8, 4) is 11.1 Å². The summed E-state index contributed by atoms with van der Waals surface area (Å²) in [6.45, 7) is 1.42. The fourth-order valence-corrected chi connectivity index (χ4v) is 4.25. The highest BCUT2D eigenvalue weighted by Crippen LogP contribution is 2.36. The first-order chi connectivity index (χ1) is 13.2. The Morgan fingerprint density at radius 1 is 1.14 bits per heavy atom. The Morgan fingerprint density at radius 2 is 1.89 bits per heavy atom. The fraction of sp³-hybridized carbons (Fsp3) is 0.400. The molecule has 152 valence electrons. The van der Waals surface area contributed by atoms with Gasteiger partial charge in [-0.25, -0.2) is 22.0 Å². The molecule has 2 atom stereocenters. The van der Waals surface area contributed by atoms with Crippen LogP contribution in [0.5, 0.6) is 0 Å². The van der Waals surface area contributed by atoms with Crippen molar-refractivity contribution in [2.24, 2.45) is 0 Å². The number of rotatable bonds is 6. The van der Waals surface area contributed by atoms with Gasteiger partial charge in [0.05, 0.1) is 12.6 Å². The van der Waals surface area contributed by atoms with Crippen molar-refractivity contribution >= 4 is 11.9 Å². The van der Waals surface area contributed by atoms with Crippen molar-refractivity contribution in [2.45, 2.75) is 31.4 Å². The minimum atomic E-state index is -2.95. The van der Waals surface area contributed by atoms with E-state index in [1.165, 1.54) is 35.0 Å². The van der Waals surface area contributed by atoms with Crippen molar-refractivity contribution in [2.75, 3.05) is 19.3 Å². The summed E-state index contributed by atoms with van der Waals surface area (Å²) in [6.07, 6.45) is 0.0185. The van der Waals surface area contributed by atoms with Crippen LogP contribution in [0.3, 0.4) is 0 Å². The normalized spacial score (nSPS) is 22.0. The molecular formula is C20H21F5N2S. The van der Waals surface area contributed by atoms with Crippen molar-refractivity contribution in [1.29, 1.82) is 0 Å². The maximum absolute atomic E-state index is 15.1. The second kappa shape index (κ2) is 8.39. The first-order valence-electron chi connectivity index (χ1n) is 8.92. The van der Waals surface area contributed by atoms with Crippen LogP contribution in [-0.2, 0) is 6.42 Å². The molecule has 0 bridgehead atoms. The summed E-state index contributed by atoms with van der Waals surface area (Å²) in [7, 11) is 1.57. The topological polar surface area (TPSA) is 15.3 Å². The molecule has 2 nitrogen and oxygen atoms in total. The lowest BCUT2D eigenvalue weighted by Gasteiger charge is -2.26. The highest BCUT2D eigenvalue weighted by Gasteiger charge is 2.53. The van der Waals surface area contributed by atoms with Gasteiger partial charge in [-0.05, 0) is 37.2 Å². The summed E-state index contributed by atoms with van der Waals surface area (Å²) >= 11 is 1.19. The van der Waals surface area contributed by atoms with Crippen molar-refractivity contribution < 1.29 is 22.0 Å². The Bertz CT molecular complexity index is 845. The minimum absolute atomic E-state index is 0.0185. The molecule has 0 saturated carbocycles. The molecule has 0 amide bonds. The minimum Gasteiger partial charge on any atom is -0.295 e. The molecule has 8 heteroatoms. The van der Waals surface area contributed by atoms with Crippen molar-refractivity contribution in [1.82, 2.24) is 9.62 Å². The smallest absolute Gasteiger partial charge is 0.277 e. The Labute approximate surface area is 165 Å². The number of hydrogen-bond acceptors (Lipinski definition) is 3. The molecule has 0 aliphatic carbocycles. The zero-order valence-electron chi connectivity index (χ0n) is 15.5. The summed E-state index contributed by atoms with van der Waals surface area (Å²) in [6, 6.07) is 5.40. The Kier molecular flexibility index (Phi) is 6.31. The van der Waals surface area contributed by atoms with Gasteiger partial charge in [0.15, 0.2) is 0 Å². The van der Waals surface area contributed by atoms with Gasteiger partial charge in [0, 0.05) is 22.9 Å². The number of alkyl halides is 2. The van der Waals surface area contributed by atoms with Gasteiger partial charge in [-0.3, -0.25) is 9.62 Å². The van der Waals surface area contributed by atoms with Crippen LogP contribution in [0.2, 0.25) is 0 Å². The summed E-state index contributed by atoms with van der Waals surface area (Å²) in [5, 5.41) is 0. The van der Waals surface area contributed by atoms with Crippen LogP contribution in [0.15, 0.2) is 36.4 Å². The van der Waals surface area contributed by atoms with E-state index in [9.17, 15) is 17.6 Å². The number of nitrogens with one attached hydrogen (secondary N) is 1. The van der Waals surface area contributed by atoms with Crippen LogP contribution >= 0.6 is 11.9 Å². The van der Waals surface area contributed by atoms with Crippen LogP contribution in [0.1, 0.15) is 12.5 Å². The van der Waals surface area contributed by atoms with E-state index in [2.05, 4.69) is 4.72 Å². The molecule has 1 aliphatic rings. The predicted octanol–water partition coefficient (Wildman–Crippen LogP) is 4.89. The molecule has 1 N–H and O–H groups in total. The molecule has 2 aromatic carbocycles. The van der Waals surface area contributed by atoms with E-state index in [0.717, 1.165) is 18.2 Å². The average molecular weight is 416 g/mol. The molecule has 0 radical (unpaired) electrons. The molecule has 2 unspecified atom stereocenters. The fourth-order valence-electron chi connectivity index (χ4n) is 3.57. The number of likely N-dealkylation sites (N-methyl/N-ethyl adjacent to an activating group) is 1. The lowest BCUT2D eigenvalue weighted by atomic mass is 9.95. The van der Waals surface area contributed by atoms with E-state index in [0.29, 0.717) is 5.75 Å². The maximum atomic E-state index is 15.1. The summed E-state index contributed by atoms with van der Waals surface area (Å²) in [5.74, 6) is -4.49. The second-order valence-electron chi connectivity index (χ2n) is 6.88. The van der Waals surface area contributed by atoms with E-state index in [1.807, 2.05) is 6.92 Å².